The summed E-state index contributed by atoms with van der Waals surface area (Å²) in [5, 5.41) is 16.5. The molecule has 8 heteroatoms. The fraction of sp³-hybridized carbons (Fsp3) is 0.280. The van der Waals surface area contributed by atoms with Gasteiger partial charge in [0, 0.05) is 17.5 Å². The minimum Gasteiger partial charge on any atom is -0.416 e. The SMILES string of the molecule is O=C(CSc1nnc(C2CCCCC2)o1)Nc1cc(-c2ccccc2)nn1-c1ccccc1. The van der Waals surface area contributed by atoms with Gasteiger partial charge in [-0.3, -0.25) is 4.79 Å². The molecule has 0 unspecified atom stereocenters. The Kier molecular flexibility index (Phi) is 6.53. The standard InChI is InChI=1S/C25H25N5O2S/c31-23(17-33-25-28-27-24(32-25)19-12-6-2-7-13-19)26-22-16-21(18-10-4-1-5-11-18)29-30(22)20-14-8-3-9-15-20/h1,3-5,8-11,14-16,19H,2,6-7,12-13,17H2,(H,26,31). The number of benzene rings is 2. The van der Waals surface area contributed by atoms with Gasteiger partial charge in [0.05, 0.1) is 17.1 Å². The lowest BCUT2D eigenvalue weighted by Gasteiger charge is -2.17. The summed E-state index contributed by atoms with van der Waals surface area (Å²) < 4.78 is 7.57. The molecule has 2 aromatic heterocycles. The van der Waals surface area contributed by atoms with Crippen molar-refractivity contribution >= 4 is 23.5 Å². The van der Waals surface area contributed by atoms with Crippen molar-refractivity contribution < 1.29 is 9.21 Å². The number of para-hydroxylation sites is 1. The summed E-state index contributed by atoms with van der Waals surface area (Å²) in [6.45, 7) is 0. The van der Waals surface area contributed by atoms with Gasteiger partial charge in [-0.1, -0.05) is 79.6 Å². The molecule has 1 N–H and O–H groups in total. The number of hydrogen-bond acceptors (Lipinski definition) is 6. The lowest BCUT2D eigenvalue weighted by Crippen LogP contribution is -2.16. The highest BCUT2D eigenvalue weighted by Gasteiger charge is 2.22. The van der Waals surface area contributed by atoms with Crippen molar-refractivity contribution in [1.82, 2.24) is 20.0 Å². The summed E-state index contributed by atoms with van der Waals surface area (Å²) in [5.41, 5.74) is 2.64. The Morgan fingerprint density at radius 2 is 1.73 bits per heavy atom. The molecule has 0 saturated heterocycles. The Morgan fingerprint density at radius 1 is 1.00 bits per heavy atom. The van der Waals surface area contributed by atoms with Gasteiger partial charge in [0.25, 0.3) is 5.22 Å². The van der Waals surface area contributed by atoms with Crippen LogP contribution in [0.3, 0.4) is 0 Å². The number of nitrogens with zero attached hydrogens (tertiary/aromatic N) is 4. The summed E-state index contributed by atoms with van der Waals surface area (Å²) in [7, 11) is 0. The fourth-order valence-corrected chi connectivity index (χ4v) is 4.66. The first-order valence-electron chi connectivity index (χ1n) is 11.2. The Balaban J connectivity index is 1.28. The number of nitrogens with one attached hydrogen (secondary N) is 1. The second-order valence-corrected chi connectivity index (χ2v) is 9.03. The predicted octanol–water partition coefficient (Wildman–Crippen LogP) is 5.70. The number of thioether (sulfide) groups is 1. The van der Waals surface area contributed by atoms with Crippen LogP contribution in [0.15, 0.2) is 76.4 Å². The van der Waals surface area contributed by atoms with E-state index in [-0.39, 0.29) is 11.7 Å². The number of aromatic nitrogens is 4. The van der Waals surface area contributed by atoms with Gasteiger partial charge in [0.15, 0.2) is 0 Å². The van der Waals surface area contributed by atoms with Gasteiger partial charge < -0.3 is 9.73 Å². The lowest BCUT2D eigenvalue weighted by molar-refractivity contribution is -0.113. The molecule has 0 spiro atoms. The van der Waals surface area contributed by atoms with E-state index in [0.29, 0.717) is 22.8 Å². The van der Waals surface area contributed by atoms with E-state index in [1.165, 1.54) is 31.0 Å². The minimum absolute atomic E-state index is 0.158. The average molecular weight is 460 g/mol. The third-order valence-electron chi connectivity index (χ3n) is 5.75. The molecule has 1 saturated carbocycles. The summed E-state index contributed by atoms with van der Waals surface area (Å²) >= 11 is 1.26. The smallest absolute Gasteiger partial charge is 0.277 e. The van der Waals surface area contributed by atoms with Gasteiger partial charge in [-0.2, -0.15) is 5.10 Å². The molecule has 0 aliphatic heterocycles. The molecule has 2 heterocycles. The molecule has 0 atom stereocenters. The van der Waals surface area contributed by atoms with Crippen LogP contribution in [0.1, 0.15) is 43.9 Å². The van der Waals surface area contributed by atoms with E-state index in [1.807, 2.05) is 66.7 Å². The van der Waals surface area contributed by atoms with Crippen LogP contribution in [0.4, 0.5) is 5.82 Å². The molecule has 2 aromatic carbocycles. The van der Waals surface area contributed by atoms with Crippen LogP contribution in [0.5, 0.6) is 0 Å². The van der Waals surface area contributed by atoms with Crippen LogP contribution in [0.2, 0.25) is 0 Å². The van der Waals surface area contributed by atoms with E-state index >= 15 is 0 Å². The third kappa shape index (κ3) is 5.17. The Hall–Kier alpha value is -3.39. The van der Waals surface area contributed by atoms with Crippen molar-refractivity contribution in [2.45, 2.75) is 43.2 Å². The zero-order valence-corrected chi connectivity index (χ0v) is 19.0. The molecule has 1 aliphatic rings. The molecular formula is C25H25N5O2S. The maximum absolute atomic E-state index is 12.8. The molecule has 4 aromatic rings. The summed E-state index contributed by atoms with van der Waals surface area (Å²) in [5.74, 6) is 1.68. The van der Waals surface area contributed by atoms with E-state index in [1.54, 1.807) is 4.68 Å². The first kappa shape index (κ1) is 21.5. The molecule has 5 rings (SSSR count). The van der Waals surface area contributed by atoms with Crippen LogP contribution >= 0.6 is 11.8 Å². The van der Waals surface area contributed by atoms with Gasteiger partial charge in [0.1, 0.15) is 5.82 Å². The maximum Gasteiger partial charge on any atom is 0.277 e. The lowest BCUT2D eigenvalue weighted by atomic mass is 9.89. The van der Waals surface area contributed by atoms with Gasteiger partial charge >= 0.3 is 0 Å². The topological polar surface area (TPSA) is 85.8 Å². The molecule has 1 amide bonds. The van der Waals surface area contributed by atoms with Gasteiger partial charge in [-0.05, 0) is 25.0 Å². The zero-order valence-electron chi connectivity index (χ0n) is 18.2. The number of rotatable bonds is 7. The normalized spacial score (nSPS) is 14.3. The largest absolute Gasteiger partial charge is 0.416 e. The first-order chi connectivity index (χ1) is 16.3. The van der Waals surface area contributed by atoms with E-state index in [9.17, 15) is 4.79 Å². The van der Waals surface area contributed by atoms with Crippen molar-refractivity contribution in [3.63, 3.8) is 0 Å². The molecule has 1 aliphatic carbocycles. The molecule has 0 bridgehead atoms. The van der Waals surface area contributed by atoms with Crippen LogP contribution in [0, 0.1) is 0 Å². The second-order valence-electron chi connectivity index (χ2n) is 8.11. The summed E-state index contributed by atoms with van der Waals surface area (Å²) in [6, 6.07) is 21.5. The first-order valence-corrected chi connectivity index (χ1v) is 12.2. The van der Waals surface area contributed by atoms with Crippen LogP contribution in [0.25, 0.3) is 16.9 Å². The summed E-state index contributed by atoms with van der Waals surface area (Å²) in [4.78, 5) is 12.8. The Morgan fingerprint density at radius 3 is 2.48 bits per heavy atom. The number of hydrogen-bond donors (Lipinski definition) is 1. The highest BCUT2D eigenvalue weighted by atomic mass is 32.2. The highest BCUT2D eigenvalue weighted by molar-refractivity contribution is 7.99. The highest BCUT2D eigenvalue weighted by Crippen LogP contribution is 2.33. The van der Waals surface area contributed by atoms with Gasteiger partial charge in [-0.15, -0.1) is 10.2 Å². The van der Waals surface area contributed by atoms with E-state index in [2.05, 4.69) is 15.5 Å². The predicted molar refractivity (Wildman–Crippen MR) is 128 cm³/mol. The third-order valence-corrected chi connectivity index (χ3v) is 6.57. The van der Waals surface area contributed by atoms with Crippen molar-refractivity contribution in [3.8, 4) is 16.9 Å². The molecular weight excluding hydrogens is 434 g/mol. The quantitative estimate of drug-likeness (QED) is 0.357. The molecule has 168 valence electrons. The van der Waals surface area contributed by atoms with Gasteiger partial charge in [0.2, 0.25) is 11.8 Å². The van der Waals surface area contributed by atoms with Crippen LogP contribution in [-0.4, -0.2) is 31.6 Å². The molecule has 1 fully saturated rings. The van der Waals surface area contributed by atoms with Gasteiger partial charge in [-0.25, -0.2) is 4.68 Å². The molecule has 0 radical (unpaired) electrons. The maximum atomic E-state index is 12.8. The number of anilines is 1. The summed E-state index contributed by atoms with van der Waals surface area (Å²) in [6.07, 6.45) is 5.88. The second kappa shape index (κ2) is 10.0. The number of amides is 1. The van der Waals surface area contributed by atoms with E-state index in [0.717, 1.165) is 29.8 Å². The van der Waals surface area contributed by atoms with Crippen molar-refractivity contribution in [3.05, 3.63) is 72.6 Å². The average Bonchev–Trinajstić information content (AvgIpc) is 3.52. The van der Waals surface area contributed by atoms with Crippen molar-refractivity contribution in [1.29, 1.82) is 0 Å². The minimum atomic E-state index is -0.158. The van der Waals surface area contributed by atoms with E-state index < -0.39 is 0 Å². The van der Waals surface area contributed by atoms with Crippen molar-refractivity contribution in [2.75, 3.05) is 11.1 Å². The number of carbonyl (C=O) groups excluding carboxylic acids is 1. The molecule has 7 nitrogen and oxygen atoms in total. The fourth-order valence-electron chi connectivity index (χ4n) is 4.09. The Labute approximate surface area is 196 Å². The van der Waals surface area contributed by atoms with Crippen LogP contribution in [-0.2, 0) is 4.79 Å². The molecule has 33 heavy (non-hydrogen) atoms. The van der Waals surface area contributed by atoms with Crippen LogP contribution < -0.4 is 5.32 Å². The Bertz CT molecular complexity index is 1200. The zero-order chi connectivity index (χ0) is 22.5. The number of carbonyl (C=O) groups is 1. The van der Waals surface area contributed by atoms with E-state index in [4.69, 9.17) is 9.52 Å². The monoisotopic (exact) mass is 459 g/mol. The van der Waals surface area contributed by atoms with Crippen molar-refractivity contribution in [2.24, 2.45) is 0 Å².